The fraction of sp³-hybridized carbons (Fsp3) is 0.0909. The van der Waals surface area contributed by atoms with Gasteiger partial charge in [0.15, 0.2) is 0 Å². The van der Waals surface area contributed by atoms with Gasteiger partial charge in [-0.05, 0) is 25.1 Å². The van der Waals surface area contributed by atoms with Crippen molar-refractivity contribution in [3.05, 3.63) is 35.5 Å². The highest BCUT2D eigenvalue weighted by Gasteiger charge is 2.06. The summed E-state index contributed by atoms with van der Waals surface area (Å²) in [5.41, 5.74) is 7.38. The van der Waals surface area contributed by atoms with Crippen molar-refractivity contribution in [3.8, 4) is 17.7 Å². The molecule has 0 atom stereocenters. The molecular formula is C11H10N4O. The number of aryl methyl sites for hydroxylation is 1. The maximum Gasteiger partial charge on any atom is 0.238 e. The van der Waals surface area contributed by atoms with Crippen LogP contribution in [0.3, 0.4) is 0 Å². The lowest BCUT2D eigenvalue weighted by Crippen LogP contribution is -1.91. The number of nitrogens with two attached hydrogens (primary N) is 1. The zero-order valence-corrected chi connectivity index (χ0v) is 8.69. The average molecular weight is 214 g/mol. The molecule has 2 aromatic rings. The Morgan fingerprint density at radius 3 is 2.88 bits per heavy atom. The van der Waals surface area contributed by atoms with E-state index in [1.54, 1.807) is 24.3 Å². The molecule has 0 aliphatic heterocycles. The molecule has 0 radical (unpaired) electrons. The first-order valence-corrected chi connectivity index (χ1v) is 4.68. The van der Waals surface area contributed by atoms with Gasteiger partial charge in [-0.3, -0.25) is 5.10 Å². The molecule has 5 nitrogen and oxygen atoms in total. The molecule has 0 spiro atoms. The van der Waals surface area contributed by atoms with E-state index in [0.29, 0.717) is 22.9 Å². The first-order chi connectivity index (χ1) is 7.69. The van der Waals surface area contributed by atoms with Gasteiger partial charge in [-0.15, -0.1) is 5.10 Å². The second-order valence-electron chi connectivity index (χ2n) is 3.36. The minimum atomic E-state index is 0.389. The number of nitrogen functional groups attached to an aromatic ring is 1. The quantitative estimate of drug-likeness (QED) is 0.748. The maximum absolute atomic E-state index is 8.91. The SMILES string of the molecule is Cc1cc(Oc2ccc(N)cc2C#N)n[nH]1. The van der Waals surface area contributed by atoms with Gasteiger partial charge in [0.1, 0.15) is 11.8 Å². The minimum Gasteiger partial charge on any atom is -0.436 e. The van der Waals surface area contributed by atoms with Gasteiger partial charge in [-0.25, -0.2) is 0 Å². The molecule has 80 valence electrons. The van der Waals surface area contributed by atoms with Crippen LogP contribution >= 0.6 is 0 Å². The van der Waals surface area contributed by atoms with E-state index < -0.39 is 0 Å². The van der Waals surface area contributed by atoms with Crippen LogP contribution in [0.1, 0.15) is 11.3 Å². The number of anilines is 1. The Morgan fingerprint density at radius 1 is 1.44 bits per heavy atom. The Labute approximate surface area is 92.5 Å². The van der Waals surface area contributed by atoms with E-state index in [9.17, 15) is 0 Å². The Kier molecular flexibility index (Phi) is 2.48. The number of hydrogen-bond donors (Lipinski definition) is 2. The molecule has 0 bridgehead atoms. The van der Waals surface area contributed by atoms with Crippen LogP contribution in [0.5, 0.6) is 11.6 Å². The van der Waals surface area contributed by atoms with E-state index >= 15 is 0 Å². The minimum absolute atomic E-state index is 0.389. The van der Waals surface area contributed by atoms with E-state index in [2.05, 4.69) is 10.2 Å². The molecule has 1 aromatic carbocycles. The second-order valence-corrected chi connectivity index (χ2v) is 3.36. The van der Waals surface area contributed by atoms with Crippen LogP contribution in [-0.2, 0) is 0 Å². The predicted octanol–water partition coefficient (Wildman–Crippen LogP) is 1.96. The topological polar surface area (TPSA) is 87.7 Å². The smallest absolute Gasteiger partial charge is 0.238 e. The number of nitriles is 1. The number of aromatic nitrogens is 2. The van der Waals surface area contributed by atoms with Crippen molar-refractivity contribution in [2.75, 3.05) is 5.73 Å². The summed E-state index contributed by atoms with van der Waals surface area (Å²) in [6.07, 6.45) is 0. The van der Waals surface area contributed by atoms with Crippen LogP contribution in [0.4, 0.5) is 5.69 Å². The number of aromatic amines is 1. The lowest BCUT2D eigenvalue weighted by molar-refractivity contribution is 0.460. The van der Waals surface area contributed by atoms with E-state index in [4.69, 9.17) is 15.7 Å². The zero-order valence-electron chi connectivity index (χ0n) is 8.69. The molecule has 1 heterocycles. The molecule has 1 aromatic heterocycles. The predicted molar refractivity (Wildman–Crippen MR) is 59.0 cm³/mol. The fourth-order valence-corrected chi connectivity index (χ4v) is 1.28. The molecular weight excluding hydrogens is 204 g/mol. The summed E-state index contributed by atoms with van der Waals surface area (Å²) in [5.74, 6) is 0.877. The van der Waals surface area contributed by atoms with Gasteiger partial charge in [0.05, 0.1) is 5.56 Å². The summed E-state index contributed by atoms with van der Waals surface area (Å²) in [5, 5.41) is 15.6. The van der Waals surface area contributed by atoms with Gasteiger partial charge in [0.25, 0.3) is 0 Å². The second kappa shape index (κ2) is 3.95. The van der Waals surface area contributed by atoms with Crippen LogP contribution in [0, 0.1) is 18.3 Å². The molecule has 2 rings (SSSR count). The molecule has 0 saturated carbocycles. The highest BCUT2D eigenvalue weighted by molar-refractivity contribution is 5.53. The molecule has 0 aliphatic rings. The largest absolute Gasteiger partial charge is 0.436 e. The summed E-state index contributed by atoms with van der Waals surface area (Å²) in [6, 6.07) is 8.66. The van der Waals surface area contributed by atoms with E-state index in [-0.39, 0.29) is 0 Å². The van der Waals surface area contributed by atoms with Crippen molar-refractivity contribution in [2.24, 2.45) is 0 Å². The fourth-order valence-electron chi connectivity index (χ4n) is 1.28. The third-order valence-electron chi connectivity index (χ3n) is 2.02. The zero-order chi connectivity index (χ0) is 11.5. The number of ether oxygens (including phenoxy) is 1. The number of hydrogen-bond acceptors (Lipinski definition) is 4. The van der Waals surface area contributed by atoms with Gasteiger partial charge in [0, 0.05) is 17.4 Å². The number of benzene rings is 1. The van der Waals surface area contributed by atoms with E-state index in [1.807, 2.05) is 13.0 Å². The van der Waals surface area contributed by atoms with Crippen molar-refractivity contribution in [2.45, 2.75) is 6.92 Å². The highest BCUT2D eigenvalue weighted by Crippen LogP contribution is 2.25. The molecule has 0 unspecified atom stereocenters. The molecule has 3 N–H and O–H groups in total. The van der Waals surface area contributed by atoms with Crippen molar-refractivity contribution < 1.29 is 4.74 Å². The van der Waals surface area contributed by atoms with Crippen LogP contribution in [0.25, 0.3) is 0 Å². The van der Waals surface area contributed by atoms with Gasteiger partial charge in [0.2, 0.25) is 5.88 Å². The molecule has 0 amide bonds. The van der Waals surface area contributed by atoms with Crippen molar-refractivity contribution in [3.63, 3.8) is 0 Å². The van der Waals surface area contributed by atoms with Crippen LogP contribution < -0.4 is 10.5 Å². The van der Waals surface area contributed by atoms with Gasteiger partial charge in [-0.2, -0.15) is 5.26 Å². The normalized spacial score (nSPS) is 9.75. The molecule has 0 aliphatic carbocycles. The highest BCUT2D eigenvalue weighted by atomic mass is 16.5. The molecule has 0 fully saturated rings. The summed E-state index contributed by atoms with van der Waals surface area (Å²) < 4.78 is 5.46. The van der Waals surface area contributed by atoms with Crippen LogP contribution in [0.2, 0.25) is 0 Å². The number of rotatable bonds is 2. The third kappa shape index (κ3) is 1.96. The Hall–Kier alpha value is -2.48. The Balaban J connectivity index is 2.31. The number of nitrogens with zero attached hydrogens (tertiary/aromatic N) is 2. The average Bonchev–Trinajstić information content (AvgIpc) is 2.67. The Morgan fingerprint density at radius 2 is 2.25 bits per heavy atom. The van der Waals surface area contributed by atoms with Crippen molar-refractivity contribution >= 4 is 5.69 Å². The van der Waals surface area contributed by atoms with Crippen molar-refractivity contribution in [1.29, 1.82) is 5.26 Å². The van der Waals surface area contributed by atoms with E-state index in [0.717, 1.165) is 5.69 Å². The summed E-state index contributed by atoms with van der Waals surface area (Å²) in [6.45, 7) is 1.87. The van der Waals surface area contributed by atoms with Gasteiger partial charge < -0.3 is 10.5 Å². The van der Waals surface area contributed by atoms with E-state index in [1.165, 1.54) is 0 Å². The van der Waals surface area contributed by atoms with Crippen LogP contribution in [0.15, 0.2) is 24.3 Å². The van der Waals surface area contributed by atoms with Crippen LogP contribution in [-0.4, -0.2) is 10.2 Å². The van der Waals surface area contributed by atoms with Gasteiger partial charge in [-0.1, -0.05) is 0 Å². The first-order valence-electron chi connectivity index (χ1n) is 4.68. The molecule has 0 saturated heterocycles. The Bertz CT molecular complexity index is 553. The molecule has 5 heteroatoms. The third-order valence-corrected chi connectivity index (χ3v) is 2.02. The summed E-state index contributed by atoms with van der Waals surface area (Å²) in [7, 11) is 0. The first kappa shape index (κ1) is 10.1. The monoisotopic (exact) mass is 214 g/mol. The maximum atomic E-state index is 8.91. The van der Waals surface area contributed by atoms with Crippen molar-refractivity contribution in [1.82, 2.24) is 10.2 Å². The lowest BCUT2D eigenvalue weighted by Gasteiger charge is -2.04. The summed E-state index contributed by atoms with van der Waals surface area (Å²) in [4.78, 5) is 0. The lowest BCUT2D eigenvalue weighted by atomic mass is 10.2. The molecule has 16 heavy (non-hydrogen) atoms. The van der Waals surface area contributed by atoms with Gasteiger partial charge >= 0.3 is 0 Å². The number of H-pyrrole nitrogens is 1. The standard InChI is InChI=1S/C11H10N4O/c1-7-4-11(15-14-7)16-10-3-2-9(13)5-8(10)6-12/h2-5H,13H2,1H3,(H,14,15). The number of nitrogens with one attached hydrogen (secondary N) is 1. The summed E-state index contributed by atoms with van der Waals surface area (Å²) >= 11 is 0.